The van der Waals surface area contributed by atoms with Gasteiger partial charge >= 0.3 is 12.0 Å². The highest BCUT2D eigenvalue weighted by molar-refractivity contribution is 7.99. The fourth-order valence-corrected chi connectivity index (χ4v) is 3.65. The van der Waals surface area contributed by atoms with Gasteiger partial charge in [0.15, 0.2) is 0 Å². The van der Waals surface area contributed by atoms with Crippen LogP contribution in [-0.4, -0.2) is 51.6 Å². The number of thiophene rings is 1. The minimum atomic E-state index is -0.933. The van der Waals surface area contributed by atoms with Crippen molar-refractivity contribution in [1.82, 2.24) is 9.80 Å². The van der Waals surface area contributed by atoms with Crippen molar-refractivity contribution in [3.8, 4) is 0 Å². The van der Waals surface area contributed by atoms with Gasteiger partial charge in [0.25, 0.3) is 0 Å². The van der Waals surface area contributed by atoms with Gasteiger partial charge in [0, 0.05) is 17.7 Å². The highest BCUT2D eigenvalue weighted by Gasteiger charge is 2.35. The third kappa shape index (κ3) is 2.78. The Hall–Kier alpha value is -1.21. The predicted octanol–water partition coefficient (Wildman–Crippen LogP) is 1.76. The number of hydrogen-bond donors (Lipinski definition) is 1. The summed E-state index contributed by atoms with van der Waals surface area (Å²) in [6.07, 6.45) is 0. The lowest BCUT2D eigenvalue weighted by Crippen LogP contribution is -2.47. The standard InChI is InChI=1S/C11H14N2O3S2/c1-12(5-8-3-2-4-18-8)11(16)13-7-17-6-9(13)10(14)15/h2-4,9H,5-7H2,1H3,(H,14,15). The van der Waals surface area contributed by atoms with E-state index in [2.05, 4.69) is 0 Å². The summed E-state index contributed by atoms with van der Waals surface area (Å²) in [6, 6.07) is 2.97. The van der Waals surface area contributed by atoms with Crippen molar-refractivity contribution < 1.29 is 14.7 Å². The number of carboxylic acid groups (broad SMARTS) is 1. The number of urea groups is 1. The maximum absolute atomic E-state index is 12.2. The summed E-state index contributed by atoms with van der Waals surface area (Å²) >= 11 is 3.06. The van der Waals surface area contributed by atoms with E-state index in [1.54, 1.807) is 23.3 Å². The fourth-order valence-electron chi connectivity index (χ4n) is 1.76. The highest BCUT2D eigenvalue weighted by Crippen LogP contribution is 2.23. The van der Waals surface area contributed by atoms with E-state index in [0.29, 0.717) is 18.2 Å². The van der Waals surface area contributed by atoms with Gasteiger partial charge in [0.1, 0.15) is 6.04 Å². The van der Waals surface area contributed by atoms with Gasteiger partial charge in [-0.3, -0.25) is 0 Å². The van der Waals surface area contributed by atoms with Crippen molar-refractivity contribution in [2.24, 2.45) is 0 Å². The van der Waals surface area contributed by atoms with E-state index in [1.165, 1.54) is 16.7 Å². The molecule has 2 heterocycles. The summed E-state index contributed by atoms with van der Waals surface area (Å²) < 4.78 is 0. The fraction of sp³-hybridized carbons (Fsp3) is 0.455. The van der Waals surface area contributed by atoms with E-state index in [-0.39, 0.29) is 6.03 Å². The molecule has 1 N–H and O–H groups in total. The summed E-state index contributed by atoms with van der Waals surface area (Å²) in [7, 11) is 1.70. The molecular formula is C11H14N2O3S2. The molecule has 1 aromatic heterocycles. The minimum absolute atomic E-state index is 0.221. The Morgan fingerprint density at radius 2 is 2.39 bits per heavy atom. The second-order valence-electron chi connectivity index (χ2n) is 4.04. The van der Waals surface area contributed by atoms with Crippen LogP contribution in [-0.2, 0) is 11.3 Å². The van der Waals surface area contributed by atoms with Crippen LogP contribution >= 0.6 is 23.1 Å². The van der Waals surface area contributed by atoms with Crippen molar-refractivity contribution in [1.29, 1.82) is 0 Å². The Morgan fingerprint density at radius 1 is 1.61 bits per heavy atom. The molecule has 1 unspecified atom stereocenters. The van der Waals surface area contributed by atoms with Gasteiger partial charge in [-0.1, -0.05) is 6.07 Å². The van der Waals surface area contributed by atoms with Gasteiger partial charge in [-0.15, -0.1) is 23.1 Å². The zero-order valence-electron chi connectivity index (χ0n) is 9.91. The van der Waals surface area contributed by atoms with Gasteiger partial charge < -0.3 is 14.9 Å². The molecule has 7 heteroatoms. The number of thioether (sulfide) groups is 1. The van der Waals surface area contributed by atoms with Crippen LogP contribution in [0.2, 0.25) is 0 Å². The molecule has 0 bridgehead atoms. The van der Waals surface area contributed by atoms with E-state index in [1.807, 2.05) is 17.5 Å². The summed E-state index contributed by atoms with van der Waals surface area (Å²) in [6.45, 7) is 0.518. The van der Waals surface area contributed by atoms with Crippen LogP contribution in [0.25, 0.3) is 0 Å². The number of carbonyl (C=O) groups excluding carboxylic acids is 1. The van der Waals surface area contributed by atoms with Crippen LogP contribution in [0.15, 0.2) is 17.5 Å². The lowest BCUT2D eigenvalue weighted by atomic mass is 10.3. The molecule has 0 aliphatic carbocycles. The van der Waals surface area contributed by atoms with E-state index < -0.39 is 12.0 Å². The molecule has 98 valence electrons. The first-order chi connectivity index (χ1) is 8.59. The smallest absolute Gasteiger partial charge is 0.327 e. The molecule has 5 nitrogen and oxygen atoms in total. The third-order valence-corrected chi connectivity index (χ3v) is 4.59. The van der Waals surface area contributed by atoms with Gasteiger partial charge in [-0.05, 0) is 11.4 Å². The van der Waals surface area contributed by atoms with Crippen LogP contribution in [0.4, 0.5) is 4.79 Å². The molecule has 2 rings (SSSR count). The second kappa shape index (κ2) is 5.62. The van der Waals surface area contributed by atoms with Crippen LogP contribution < -0.4 is 0 Å². The molecule has 0 aromatic carbocycles. The molecule has 1 aliphatic heterocycles. The molecule has 1 fully saturated rings. The average molecular weight is 286 g/mol. The molecule has 0 spiro atoms. The Bertz CT molecular complexity index is 436. The van der Waals surface area contributed by atoms with Gasteiger partial charge in [0.05, 0.1) is 12.4 Å². The van der Waals surface area contributed by atoms with Crippen LogP contribution in [0.1, 0.15) is 4.88 Å². The summed E-state index contributed by atoms with van der Waals surface area (Å²) in [5, 5.41) is 11.0. The Labute approximate surface area is 113 Å². The normalized spacial score (nSPS) is 18.9. The third-order valence-electron chi connectivity index (χ3n) is 2.71. The zero-order valence-corrected chi connectivity index (χ0v) is 11.5. The molecule has 1 aliphatic rings. The molecule has 1 atom stereocenters. The van der Waals surface area contributed by atoms with Crippen molar-refractivity contribution in [2.45, 2.75) is 12.6 Å². The quantitative estimate of drug-likeness (QED) is 0.920. The largest absolute Gasteiger partial charge is 0.480 e. The lowest BCUT2D eigenvalue weighted by molar-refractivity contribution is -0.140. The Kier molecular flexibility index (Phi) is 4.13. The van der Waals surface area contributed by atoms with E-state index in [9.17, 15) is 9.59 Å². The maximum atomic E-state index is 12.2. The lowest BCUT2D eigenvalue weighted by Gasteiger charge is -2.26. The number of carboxylic acids is 1. The number of nitrogens with zero attached hydrogens (tertiary/aromatic N) is 2. The van der Waals surface area contributed by atoms with Gasteiger partial charge in [-0.2, -0.15) is 0 Å². The number of amides is 2. The molecule has 2 amide bonds. The van der Waals surface area contributed by atoms with E-state index in [0.717, 1.165) is 4.88 Å². The first-order valence-corrected chi connectivity index (χ1v) is 7.47. The molecule has 1 saturated heterocycles. The highest BCUT2D eigenvalue weighted by atomic mass is 32.2. The van der Waals surface area contributed by atoms with Crippen molar-refractivity contribution in [3.63, 3.8) is 0 Å². The van der Waals surface area contributed by atoms with Crippen LogP contribution in [0, 0.1) is 0 Å². The molecular weight excluding hydrogens is 272 g/mol. The van der Waals surface area contributed by atoms with Crippen LogP contribution in [0.5, 0.6) is 0 Å². The monoisotopic (exact) mass is 286 g/mol. The Morgan fingerprint density at radius 3 is 3.00 bits per heavy atom. The number of rotatable bonds is 3. The zero-order chi connectivity index (χ0) is 13.1. The summed E-state index contributed by atoms with van der Waals surface area (Å²) in [5.74, 6) is -0.0174. The van der Waals surface area contributed by atoms with Gasteiger partial charge in [-0.25, -0.2) is 9.59 Å². The first kappa shape index (κ1) is 13.2. The van der Waals surface area contributed by atoms with Crippen molar-refractivity contribution >= 4 is 35.1 Å². The number of aliphatic carboxylic acids is 1. The first-order valence-electron chi connectivity index (χ1n) is 5.44. The van der Waals surface area contributed by atoms with Crippen LogP contribution in [0.3, 0.4) is 0 Å². The summed E-state index contributed by atoms with van der Waals surface area (Å²) in [5.41, 5.74) is 0. The topological polar surface area (TPSA) is 60.9 Å². The summed E-state index contributed by atoms with van der Waals surface area (Å²) in [4.78, 5) is 27.3. The predicted molar refractivity (Wildman–Crippen MR) is 71.8 cm³/mol. The number of hydrogen-bond acceptors (Lipinski definition) is 4. The molecule has 1 aromatic rings. The van der Waals surface area contributed by atoms with Crippen molar-refractivity contribution in [2.75, 3.05) is 18.7 Å². The van der Waals surface area contributed by atoms with Crippen molar-refractivity contribution in [3.05, 3.63) is 22.4 Å². The second-order valence-corrected chi connectivity index (χ2v) is 6.07. The molecule has 0 radical (unpaired) electrons. The molecule has 18 heavy (non-hydrogen) atoms. The average Bonchev–Trinajstić information content (AvgIpc) is 2.97. The number of carbonyl (C=O) groups is 2. The maximum Gasteiger partial charge on any atom is 0.327 e. The van der Waals surface area contributed by atoms with E-state index >= 15 is 0 Å². The minimum Gasteiger partial charge on any atom is -0.480 e. The molecule has 0 saturated carbocycles. The van der Waals surface area contributed by atoms with E-state index in [4.69, 9.17) is 5.11 Å². The SMILES string of the molecule is CN(Cc1cccs1)C(=O)N1CSCC1C(=O)O. The van der Waals surface area contributed by atoms with Gasteiger partial charge in [0.2, 0.25) is 0 Å². The Balaban J connectivity index is 1.99.